The molecule has 0 heterocycles. The predicted molar refractivity (Wildman–Crippen MR) is 79.7 cm³/mol. The maximum absolute atomic E-state index is 12.4. The van der Waals surface area contributed by atoms with Crippen LogP contribution >= 0.6 is 11.6 Å². The summed E-state index contributed by atoms with van der Waals surface area (Å²) in [7, 11) is 0. The van der Waals surface area contributed by atoms with Crippen molar-refractivity contribution < 1.29 is 4.79 Å². The Morgan fingerprint density at radius 3 is 2.25 bits per heavy atom. The van der Waals surface area contributed by atoms with Gasteiger partial charge < -0.3 is 5.73 Å². The summed E-state index contributed by atoms with van der Waals surface area (Å²) >= 11 is 5.80. The van der Waals surface area contributed by atoms with E-state index in [-0.39, 0.29) is 18.4 Å². The lowest BCUT2D eigenvalue weighted by Gasteiger charge is -2.20. The highest BCUT2D eigenvalue weighted by Crippen LogP contribution is 2.13. The first-order valence-corrected chi connectivity index (χ1v) is 6.41. The number of nitrogens with two attached hydrogens (primary N) is 1. The molecule has 0 aliphatic heterocycles. The zero-order valence-electron chi connectivity index (χ0n) is 10.7. The monoisotopic (exact) mass is 287 g/mol. The molecule has 0 fully saturated rings. The van der Waals surface area contributed by atoms with Gasteiger partial charge in [-0.05, 0) is 29.8 Å². The molecule has 0 aliphatic carbocycles. The largest absolute Gasteiger partial charge is 0.370 e. The minimum absolute atomic E-state index is 0.262. The van der Waals surface area contributed by atoms with Crippen LogP contribution in [-0.2, 0) is 6.54 Å². The first-order valence-electron chi connectivity index (χ1n) is 6.03. The van der Waals surface area contributed by atoms with Crippen LogP contribution in [0, 0.1) is 5.41 Å². The lowest BCUT2D eigenvalue weighted by molar-refractivity contribution is 0.0837. The summed E-state index contributed by atoms with van der Waals surface area (Å²) in [5.41, 5.74) is 6.87. The van der Waals surface area contributed by atoms with Crippen LogP contribution in [0.4, 0.5) is 0 Å². The average Bonchev–Trinajstić information content (AvgIpc) is 2.45. The van der Waals surface area contributed by atoms with Gasteiger partial charge in [0.1, 0.15) is 0 Å². The number of hydrogen-bond donors (Lipinski definition) is 2. The van der Waals surface area contributed by atoms with Gasteiger partial charge >= 0.3 is 0 Å². The fourth-order valence-corrected chi connectivity index (χ4v) is 1.91. The van der Waals surface area contributed by atoms with Crippen LogP contribution in [0.25, 0.3) is 0 Å². The van der Waals surface area contributed by atoms with Gasteiger partial charge in [-0.3, -0.25) is 15.1 Å². The summed E-state index contributed by atoms with van der Waals surface area (Å²) in [6.07, 6.45) is 0. The van der Waals surface area contributed by atoms with Crippen molar-refractivity contribution in [1.82, 2.24) is 4.90 Å². The molecule has 5 heteroatoms. The molecule has 0 bridgehead atoms. The summed E-state index contributed by atoms with van der Waals surface area (Å²) in [4.78, 5) is 13.6. The van der Waals surface area contributed by atoms with Gasteiger partial charge in [0, 0.05) is 10.6 Å². The first kappa shape index (κ1) is 14.1. The third-order valence-electron chi connectivity index (χ3n) is 2.81. The maximum atomic E-state index is 12.4. The van der Waals surface area contributed by atoms with Crippen molar-refractivity contribution in [2.75, 3.05) is 0 Å². The van der Waals surface area contributed by atoms with Crippen molar-refractivity contribution in [3.8, 4) is 0 Å². The first-order chi connectivity index (χ1) is 9.58. The molecule has 0 saturated carbocycles. The third kappa shape index (κ3) is 3.36. The Kier molecular flexibility index (Phi) is 4.38. The molecule has 0 aliphatic rings. The Labute approximate surface area is 122 Å². The average molecular weight is 288 g/mol. The SMILES string of the molecule is N=C(N)N(Cc1ccccc1)C(=O)c1ccc(Cl)cc1. The fraction of sp³-hybridized carbons (Fsp3) is 0.0667. The van der Waals surface area contributed by atoms with E-state index >= 15 is 0 Å². The summed E-state index contributed by atoms with van der Waals surface area (Å²) in [5, 5.41) is 8.13. The van der Waals surface area contributed by atoms with Gasteiger partial charge in [-0.25, -0.2) is 0 Å². The molecule has 0 saturated heterocycles. The highest BCUT2D eigenvalue weighted by atomic mass is 35.5. The number of rotatable bonds is 3. The van der Waals surface area contributed by atoms with E-state index < -0.39 is 0 Å². The molecule has 2 rings (SSSR count). The number of nitrogens with one attached hydrogen (secondary N) is 1. The summed E-state index contributed by atoms with van der Waals surface area (Å²) < 4.78 is 0. The van der Waals surface area contributed by atoms with Gasteiger partial charge in [-0.15, -0.1) is 0 Å². The van der Waals surface area contributed by atoms with Crippen LogP contribution in [0.2, 0.25) is 5.02 Å². The molecule has 0 radical (unpaired) electrons. The van der Waals surface area contributed by atoms with Gasteiger partial charge in [-0.1, -0.05) is 41.9 Å². The molecule has 1 amide bonds. The van der Waals surface area contributed by atoms with E-state index in [0.717, 1.165) is 5.56 Å². The molecule has 0 aromatic heterocycles. The molecule has 20 heavy (non-hydrogen) atoms. The third-order valence-corrected chi connectivity index (χ3v) is 3.06. The predicted octanol–water partition coefficient (Wildman–Crippen LogP) is 2.88. The second-order valence-electron chi connectivity index (χ2n) is 4.27. The minimum Gasteiger partial charge on any atom is -0.370 e. The molecule has 0 unspecified atom stereocenters. The number of carbonyl (C=O) groups excluding carboxylic acids is 1. The van der Waals surface area contributed by atoms with Crippen molar-refractivity contribution in [3.63, 3.8) is 0 Å². The quantitative estimate of drug-likeness (QED) is 0.673. The van der Waals surface area contributed by atoms with Gasteiger partial charge in [0.05, 0.1) is 6.54 Å². The van der Waals surface area contributed by atoms with Gasteiger partial charge in [0.15, 0.2) is 5.96 Å². The number of guanidine groups is 1. The molecule has 3 N–H and O–H groups in total. The summed E-state index contributed by atoms with van der Waals surface area (Å²) in [6.45, 7) is 0.262. The highest BCUT2D eigenvalue weighted by Gasteiger charge is 2.18. The highest BCUT2D eigenvalue weighted by molar-refractivity contribution is 6.30. The summed E-state index contributed by atoms with van der Waals surface area (Å²) in [6, 6.07) is 15.9. The molecule has 4 nitrogen and oxygen atoms in total. The molecular weight excluding hydrogens is 274 g/mol. The molecule has 2 aromatic rings. The summed E-state index contributed by atoms with van der Waals surface area (Å²) in [5.74, 6) is -0.605. The Morgan fingerprint density at radius 2 is 1.70 bits per heavy atom. The van der Waals surface area contributed by atoms with E-state index in [1.807, 2.05) is 30.3 Å². The van der Waals surface area contributed by atoms with Gasteiger partial charge in [0.25, 0.3) is 5.91 Å². The molecule has 102 valence electrons. The second kappa shape index (κ2) is 6.21. The van der Waals surface area contributed by atoms with E-state index in [9.17, 15) is 4.79 Å². The van der Waals surface area contributed by atoms with Gasteiger partial charge in [0.2, 0.25) is 0 Å². The Morgan fingerprint density at radius 1 is 1.10 bits per heavy atom. The van der Waals surface area contributed by atoms with E-state index in [0.29, 0.717) is 10.6 Å². The molecule has 0 spiro atoms. The van der Waals surface area contributed by atoms with Crippen LogP contribution < -0.4 is 5.73 Å². The van der Waals surface area contributed by atoms with Crippen molar-refractivity contribution in [3.05, 3.63) is 70.7 Å². The van der Waals surface area contributed by atoms with Crippen LogP contribution in [0.15, 0.2) is 54.6 Å². The number of hydrogen-bond acceptors (Lipinski definition) is 2. The minimum atomic E-state index is -0.321. The van der Waals surface area contributed by atoms with Crippen molar-refractivity contribution in [1.29, 1.82) is 5.41 Å². The Balaban J connectivity index is 2.22. The number of amides is 1. The maximum Gasteiger partial charge on any atom is 0.260 e. The standard InChI is InChI=1S/C15H14ClN3O/c16-13-8-6-12(7-9-13)14(20)19(15(17)18)10-11-4-2-1-3-5-11/h1-9H,10H2,(H3,17,18). The zero-order valence-corrected chi connectivity index (χ0v) is 11.5. The Bertz CT molecular complexity index is 611. The zero-order chi connectivity index (χ0) is 14.5. The number of carbonyl (C=O) groups is 1. The molecule has 2 aromatic carbocycles. The van der Waals surface area contributed by atoms with E-state index in [2.05, 4.69) is 0 Å². The molecule has 0 atom stereocenters. The van der Waals surface area contributed by atoms with Crippen LogP contribution in [0.3, 0.4) is 0 Å². The van der Waals surface area contributed by atoms with Crippen LogP contribution in [0.5, 0.6) is 0 Å². The van der Waals surface area contributed by atoms with Crippen LogP contribution in [0.1, 0.15) is 15.9 Å². The number of halogens is 1. The topological polar surface area (TPSA) is 70.2 Å². The number of benzene rings is 2. The van der Waals surface area contributed by atoms with E-state index in [4.69, 9.17) is 22.7 Å². The smallest absolute Gasteiger partial charge is 0.260 e. The van der Waals surface area contributed by atoms with E-state index in [1.165, 1.54) is 4.90 Å². The molecular formula is C15H14ClN3O. The second-order valence-corrected chi connectivity index (χ2v) is 4.71. The normalized spacial score (nSPS) is 10.1. The fourth-order valence-electron chi connectivity index (χ4n) is 1.78. The Hall–Kier alpha value is -2.33. The number of nitrogens with zero attached hydrogens (tertiary/aromatic N) is 1. The van der Waals surface area contributed by atoms with Crippen molar-refractivity contribution in [2.24, 2.45) is 5.73 Å². The lowest BCUT2D eigenvalue weighted by Crippen LogP contribution is -2.40. The van der Waals surface area contributed by atoms with Crippen molar-refractivity contribution in [2.45, 2.75) is 6.54 Å². The van der Waals surface area contributed by atoms with Crippen LogP contribution in [-0.4, -0.2) is 16.8 Å². The lowest BCUT2D eigenvalue weighted by atomic mass is 10.1. The van der Waals surface area contributed by atoms with Gasteiger partial charge in [-0.2, -0.15) is 0 Å². The van der Waals surface area contributed by atoms with Crippen molar-refractivity contribution >= 4 is 23.5 Å². The van der Waals surface area contributed by atoms with E-state index in [1.54, 1.807) is 24.3 Å².